The lowest BCUT2D eigenvalue weighted by atomic mass is 9.33. The predicted octanol–water partition coefficient (Wildman–Crippen LogP) is 12.3. The molecule has 2 aliphatic heterocycles. The first-order chi connectivity index (χ1) is 25.7. The number of anilines is 6. The Kier molecular flexibility index (Phi) is 7.82. The lowest BCUT2D eigenvalue weighted by molar-refractivity contribution is -0.0328. The molecule has 0 aromatic heterocycles. The van der Waals surface area contributed by atoms with Crippen LogP contribution < -0.4 is 26.2 Å². The van der Waals surface area contributed by atoms with Crippen molar-refractivity contribution in [3.8, 4) is 0 Å². The van der Waals surface area contributed by atoms with Gasteiger partial charge < -0.3 is 9.80 Å². The molecule has 0 spiro atoms. The number of rotatable bonds is 3. The number of nitrogens with zero attached hydrogens (tertiary/aromatic N) is 2. The molecule has 2 nitrogen and oxygen atoms in total. The molecule has 0 N–H and O–H groups in total. The quantitative estimate of drug-likeness (QED) is 0.132. The van der Waals surface area contributed by atoms with E-state index in [4.69, 9.17) is 0 Å². The molecule has 0 amide bonds. The maximum Gasteiger partial charge on any atom is 0.446 e. The zero-order valence-electron chi connectivity index (χ0n) is 31.2. The number of fused-ring (bicyclic) bond motifs is 8. The highest BCUT2D eigenvalue weighted by atomic mass is 32.2. The standard InChI is InChI=1S/C47H40BF3N2S/c1-45(2,3)34-19-11-13-21-38(34)52-40-27-31(54-47(49,50)51)28-41-42(40)48(36-25-23-29-15-7-9-17-32(29)43(36)52)37-26-24-30-16-8-10-18-33(30)44(37)53(41)39-22-14-12-20-35(39)46(4,5)6/h7-28H,1-6H3. The van der Waals surface area contributed by atoms with Crippen LogP contribution in [0.2, 0.25) is 0 Å². The van der Waals surface area contributed by atoms with Crippen LogP contribution in [0.5, 0.6) is 0 Å². The highest BCUT2D eigenvalue weighted by Crippen LogP contribution is 2.52. The molecule has 0 fully saturated rings. The monoisotopic (exact) mass is 732 g/mol. The third kappa shape index (κ3) is 5.50. The minimum absolute atomic E-state index is 0.0411. The smallest absolute Gasteiger partial charge is 0.310 e. The Bertz CT molecular complexity index is 2470. The average molecular weight is 733 g/mol. The molecule has 7 aromatic carbocycles. The van der Waals surface area contributed by atoms with Gasteiger partial charge in [-0.25, -0.2) is 0 Å². The molecule has 2 aliphatic rings. The number of hydrogen-bond donors (Lipinski definition) is 0. The van der Waals surface area contributed by atoms with Crippen molar-refractivity contribution in [3.05, 3.63) is 145 Å². The maximum atomic E-state index is 14.6. The van der Waals surface area contributed by atoms with Gasteiger partial charge in [0.05, 0.1) is 0 Å². The van der Waals surface area contributed by atoms with Gasteiger partial charge in [0.1, 0.15) is 0 Å². The zero-order chi connectivity index (χ0) is 37.7. The van der Waals surface area contributed by atoms with E-state index in [2.05, 4.69) is 148 Å². The summed E-state index contributed by atoms with van der Waals surface area (Å²) in [5.74, 6) is 0. The third-order valence-electron chi connectivity index (χ3n) is 11.0. The fraction of sp³-hybridized carbons (Fsp3) is 0.191. The van der Waals surface area contributed by atoms with Crippen LogP contribution in [0, 0.1) is 0 Å². The van der Waals surface area contributed by atoms with E-state index in [-0.39, 0.29) is 34.2 Å². The van der Waals surface area contributed by atoms with Crippen molar-refractivity contribution < 1.29 is 13.2 Å². The second-order valence-corrected chi connectivity index (χ2v) is 17.6. The molecule has 0 radical (unpaired) electrons. The molecular formula is C47H40BF3N2S. The molecule has 0 aliphatic carbocycles. The average Bonchev–Trinajstić information content (AvgIpc) is 3.13. The first-order valence-electron chi connectivity index (χ1n) is 18.5. The topological polar surface area (TPSA) is 6.48 Å². The van der Waals surface area contributed by atoms with Crippen LogP contribution in [-0.2, 0) is 10.8 Å². The third-order valence-corrected chi connectivity index (χ3v) is 11.7. The van der Waals surface area contributed by atoms with Crippen molar-refractivity contribution in [2.24, 2.45) is 0 Å². The van der Waals surface area contributed by atoms with Crippen LogP contribution in [0.3, 0.4) is 0 Å². The van der Waals surface area contributed by atoms with Gasteiger partial charge in [0.25, 0.3) is 6.71 Å². The van der Waals surface area contributed by atoms with Crippen LogP contribution in [0.1, 0.15) is 52.7 Å². The Labute approximate surface area is 319 Å². The maximum absolute atomic E-state index is 14.6. The van der Waals surface area contributed by atoms with Crippen molar-refractivity contribution in [2.75, 3.05) is 9.80 Å². The highest BCUT2D eigenvalue weighted by Gasteiger charge is 2.46. The van der Waals surface area contributed by atoms with E-state index >= 15 is 0 Å². The Morgan fingerprint density at radius 1 is 0.481 bits per heavy atom. The molecule has 9 rings (SSSR count). The fourth-order valence-corrected chi connectivity index (χ4v) is 9.40. The number of alkyl halides is 3. The van der Waals surface area contributed by atoms with Crippen LogP contribution in [0.25, 0.3) is 21.5 Å². The van der Waals surface area contributed by atoms with Gasteiger partial charge in [0.2, 0.25) is 0 Å². The van der Waals surface area contributed by atoms with Crippen LogP contribution in [-0.4, -0.2) is 12.2 Å². The zero-order valence-corrected chi connectivity index (χ0v) is 32.0. The summed E-state index contributed by atoms with van der Waals surface area (Å²) in [5.41, 5.74) is 5.96. The molecule has 0 atom stereocenters. The number of benzene rings is 7. The van der Waals surface area contributed by atoms with Crippen molar-refractivity contribution in [3.63, 3.8) is 0 Å². The molecule has 2 heterocycles. The highest BCUT2D eigenvalue weighted by molar-refractivity contribution is 8.00. The van der Waals surface area contributed by atoms with E-state index in [1.165, 1.54) is 0 Å². The molecule has 0 saturated heterocycles. The van der Waals surface area contributed by atoms with E-state index in [1.807, 2.05) is 24.3 Å². The van der Waals surface area contributed by atoms with Gasteiger partial charge in [-0.1, -0.05) is 151 Å². The van der Waals surface area contributed by atoms with Gasteiger partial charge >= 0.3 is 5.51 Å². The molecule has 0 bridgehead atoms. The van der Waals surface area contributed by atoms with Crippen LogP contribution in [0.15, 0.2) is 138 Å². The Hall–Kier alpha value is -5.14. The Balaban J connectivity index is 1.50. The van der Waals surface area contributed by atoms with Gasteiger partial charge in [0, 0.05) is 49.8 Å². The van der Waals surface area contributed by atoms with E-state index in [0.29, 0.717) is 0 Å². The molecule has 7 heteroatoms. The minimum atomic E-state index is -4.48. The Morgan fingerprint density at radius 2 is 0.889 bits per heavy atom. The Morgan fingerprint density at radius 3 is 1.31 bits per heavy atom. The van der Waals surface area contributed by atoms with Crippen molar-refractivity contribution >= 4 is 90.5 Å². The summed E-state index contributed by atoms with van der Waals surface area (Å²) in [6.07, 6.45) is 0. The summed E-state index contributed by atoms with van der Waals surface area (Å²) < 4.78 is 43.8. The normalized spacial score (nSPS) is 14.0. The van der Waals surface area contributed by atoms with Crippen LogP contribution in [0.4, 0.5) is 47.3 Å². The summed E-state index contributed by atoms with van der Waals surface area (Å²) in [4.78, 5) is 4.70. The second kappa shape index (κ2) is 12.2. The van der Waals surface area contributed by atoms with Crippen LogP contribution >= 0.6 is 11.8 Å². The summed E-state index contributed by atoms with van der Waals surface area (Å²) in [6, 6.07) is 45.9. The lowest BCUT2D eigenvalue weighted by Gasteiger charge is -2.46. The summed E-state index contributed by atoms with van der Waals surface area (Å²) in [6.45, 7) is 12.9. The van der Waals surface area contributed by atoms with Gasteiger partial charge in [-0.2, -0.15) is 13.2 Å². The molecule has 7 aromatic rings. The molecule has 0 saturated carbocycles. The van der Waals surface area contributed by atoms with E-state index in [9.17, 15) is 13.2 Å². The van der Waals surface area contributed by atoms with Crippen molar-refractivity contribution in [1.29, 1.82) is 0 Å². The van der Waals surface area contributed by atoms with Gasteiger partial charge in [-0.05, 0) is 85.1 Å². The number of hydrogen-bond acceptors (Lipinski definition) is 3. The van der Waals surface area contributed by atoms with E-state index < -0.39 is 5.51 Å². The first kappa shape index (κ1) is 34.6. The lowest BCUT2D eigenvalue weighted by Crippen LogP contribution is -2.61. The van der Waals surface area contributed by atoms with Gasteiger partial charge in [-0.15, -0.1) is 0 Å². The minimum Gasteiger partial charge on any atom is -0.310 e. The van der Waals surface area contributed by atoms with E-state index in [1.54, 1.807) is 12.1 Å². The van der Waals surface area contributed by atoms with Crippen molar-refractivity contribution in [2.45, 2.75) is 62.8 Å². The molecule has 0 unspecified atom stereocenters. The predicted molar refractivity (Wildman–Crippen MR) is 225 cm³/mol. The summed E-state index contributed by atoms with van der Waals surface area (Å²) in [5, 5.41) is 4.27. The summed E-state index contributed by atoms with van der Waals surface area (Å²) in [7, 11) is 0. The SMILES string of the molecule is CC(C)(C)c1ccccc1N1c2cc(SC(F)(F)F)cc3c2B(c2ccc4ccccc4c21)c1ccc2ccccc2c1N3c1ccccc1C(C)(C)C. The molecule has 54 heavy (non-hydrogen) atoms. The summed E-state index contributed by atoms with van der Waals surface area (Å²) >= 11 is -0.0411. The molecule has 268 valence electrons. The van der Waals surface area contributed by atoms with E-state index in [0.717, 1.165) is 83.2 Å². The fourth-order valence-electron chi connectivity index (χ4n) is 8.79. The number of thioether (sulfide) groups is 1. The largest absolute Gasteiger partial charge is 0.446 e. The first-order valence-corrected chi connectivity index (χ1v) is 19.3. The number of halogens is 3. The van der Waals surface area contributed by atoms with Crippen molar-refractivity contribution in [1.82, 2.24) is 0 Å². The molecular weight excluding hydrogens is 692 g/mol. The van der Waals surface area contributed by atoms with Gasteiger partial charge in [0.15, 0.2) is 0 Å². The number of para-hydroxylation sites is 2. The van der Waals surface area contributed by atoms with Gasteiger partial charge in [-0.3, -0.25) is 0 Å². The second-order valence-electron chi connectivity index (χ2n) is 16.5.